The number of carbonyl (C=O) groups is 1. The zero-order chi connectivity index (χ0) is 9.68. The molecule has 13 heavy (non-hydrogen) atoms. The lowest BCUT2D eigenvalue weighted by molar-refractivity contribution is 0.112. The van der Waals surface area contributed by atoms with Gasteiger partial charge in [0.25, 0.3) is 0 Å². The number of benzene rings is 1. The van der Waals surface area contributed by atoms with Crippen molar-refractivity contribution in [2.24, 2.45) is 0 Å². The fraction of sp³-hybridized carbons (Fsp3) is 0.100. The van der Waals surface area contributed by atoms with Gasteiger partial charge in [-0.1, -0.05) is 29.5 Å². The fourth-order valence-electron chi connectivity index (χ4n) is 0.841. The zero-order valence-corrected chi connectivity index (χ0v) is 8.40. The zero-order valence-electron chi connectivity index (χ0n) is 6.75. The maximum absolute atomic E-state index is 10.4. The summed E-state index contributed by atoms with van der Waals surface area (Å²) in [6.07, 6.45) is 0.752. The molecule has 0 saturated carbocycles. The summed E-state index contributed by atoms with van der Waals surface area (Å²) in [4.78, 5) is 10.4. The monoisotopic (exact) mass is 210 g/mol. The first-order valence-electron chi connectivity index (χ1n) is 3.62. The van der Waals surface area contributed by atoms with E-state index in [2.05, 4.69) is 24.5 Å². The second-order valence-electron chi connectivity index (χ2n) is 2.32. The minimum atomic E-state index is 0.492. The SMILES string of the molecule is O=Cc1ccc(C#CCS)c(Cl)c1. The van der Waals surface area contributed by atoms with Gasteiger partial charge in [0.15, 0.2) is 0 Å². The number of aldehydes is 1. The van der Waals surface area contributed by atoms with Crippen LogP contribution in [-0.2, 0) is 0 Å². The molecule has 0 aliphatic heterocycles. The summed E-state index contributed by atoms with van der Waals surface area (Å²) in [5, 5.41) is 0.499. The molecule has 0 atom stereocenters. The smallest absolute Gasteiger partial charge is 0.150 e. The van der Waals surface area contributed by atoms with Crippen molar-refractivity contribution in [3.8, 4) is 11.8 Å². The number of hydrogen-bond donors (Lipinski definition) is 1. The largest absolute Gasteiger partial charge is 0.298 e. The highest BCUT2D eigenvalue weighted by molar-refractivity contribution is 7.80. The van der Waals surface area contributed by atoms with Crippen LogP contribution in [0.2, 0.25) is 5.02 Å². The number of hydrogen-bond acceptors (Lipinski definition) is 2. The molecule has 0 aliphatic carbocycles. The molecule has 0 aromatic heterocycles. The minimum Gasteiger partial charge on any atom is -0.298 e. The van der Waals surface area contributed by atoms with Gasteiger partial charge in [-0.05, 0) is 12.1 Å². The Morgan fingerprint density at radius 2 is 2.31 bits per heavy atom. The molecule has 1 aromatic rings. The lowest BCUT2D eigenvalue weighted by Gasteiger charge is -1.95. The van der Waals surface area contributed by atoms with Crippen molar-refractivity contribution in [2.45, 2.75) is 0 Å². The van der Waals surface area contributed by atoms with E-state index in [9.17, 15) is 4.79 Å². The maximum Gasteiger partial charge on any atom is 0.150 e. The van der Waals surface area contributed by atoms with Crippen LogP contribution in [-0.4, -0.2) is 12.0 Å². The van der Waals surface area contributed by atoms with E-state index in [4.69, 9.17) is 11.6 Å². The summed E-state index contributed by atoms with van der Waals surface area (Å²) in [7, 11) is 0. The molecule has 0 bridgehead atoms. The predicted molar refractivity (Wildman–Crippen MR) is 57.6 cm³/mol. The highest BCUT2D eigenvalue weighted by Crippen LogP contribution is 2.15. The summed E-state index contributed by atoms with van der Waals surface area (Å²) in [5.74, 6) is 6.12. The van der Waals surface area contributed by atoms with Crippen LogP contribution < -0.4 is 0 Å². The minimum absolute atomic E-state index is 0.492. The molecule has 0 radical (unpaired) electrons. The van der Waals surface area contributed by atoms with Crippen LogP contribution in [0.4, 0.5) is 0 Å². The first kappa shape index (κ1) is 10.2. The Bertz CT molecular complexity index is 376. The van der Waals surface area contributed by atoms with Crippen molar-refractivity contribution >= 4 is 30.5 Å². The number of rotatable bonds is 1. The summed E-state index contributed by atoms with van der Waals surface area (Å²) >= 11 is 9.81. The number of halogens is 1. The van der Waals surface area contributed by atoms with E-state index < -0.39 is 0 Å². The van der Waals surface area contributed by atoms with Gasteiger partial charge in [-0.3, -0.25) is 4.79 Å². The molecule has 1 nitrogen and oxygen atoms in total. The van der Waals surface area contributed by atoms with E-state index in [-0.39, 0.29) is 0 Å². The first-order valence-corrected chi connectivity index (χ1v) is 4.63. The van der Waals surface area contributed by atoms with Crippen LogP contribution in [0.25, 0.3) is 0 Å². The lowest BCUT2D eigenvalue weighted by Crippen LogP contribution is -1.82. The third-order valence-corrected chi connectivity index (χ3v) is 1.90. The van der Waals surface area contributed by atoms with Crippen LogP contribution in [0.1, 0.15) is 15.9 Å². The van der Waals surface area contributed by atoms with Crippen molar-refractivity contribution in [1.29, 1.82) is 0 Å². The van der Waals surface area contributed by atoms with Crippen LogP contribution in [0.3, 0.4) is 0 Å². The molecule has 0 unspecified atom stereocenters. The molecule has 0 spiro atoms. The molecule has 0 amide bonds. The Morgan fingerprint density at radius 3 is 2.85 bits per heavy atom. The summed E-state index contributed by atoms with van der Waals surface area (Å²) in [6.45, 7) is 0. The Labute approximate surface area is 87.5 Å². The van der Waals surface area contributed by atoms with Crippen molar-refractivity contribution in [2.75, 3.05) is 5.75 Å². The van der Waals surface area contributed by atoms with E-state index in [1.165, 1.54) is 0 Å². The Balaban J connectivity index is 3.05. The molecule has 3 heteroatoms. The van der Waals surface area contributed by atoms with Gasteiger partial charge < -0.3 is 0 Å². The molecular formula is C10H7ClOS. The summed E-state index contributed by atoms with van der Waals surface area (Å²) in [5.41, 5.74) is 1.28. The van der Waals surface area contributed by atoms with Gasteiger partial charge in [-0.15, -0.1) is 0 Å². The second kappa shape index (κ2) is 4.96. The van der Waals surface area contributed by atoms with Gasteiger partial charge in [0, 0.05) is 11.1 Å². The van der Waals surface area contributed by atoms with Gasteiger partial charge in [0.2, 0.25) is 0 Å². The highest BCUT2D eigenvalue weighted by atomic mass is 35.5. The van der Waals surface area contributed by atoms with Crippen molar-refractivity contribution in [1.82, 2.24) is 0 Å². The third-order valence-electron chi connectivity index (χ3n) is 1.43. The molecule has 1 aromatic carbocycles. The highest BCUT2D eigenvalue weighted by Gasteiger charge is 1.97. The van der Waals surface area contributed by atoms with Gasteiger partial charge in [-0.2, -0.15) is 12.6 Å². The summed E-state index contributed by atoms with van der Waals surface area (Å²) in [6, 6.07) is 5.00. The quantitative estimate of drug-likeness (QED) is 0.428. The lowest BCUT2D eigenvalue weighted by atomic mass is 10.1. The van der Waals surface area contributed by atoms with E-state index in [0.29, 0.717) is 16.3 Å². The average molecular weight is 211 g/mol. The molecule has 0 heterocycles. The van der Waals surface area contributed by atoms with Crippen LogP contribution in [0.15, 0.2) is 18.2 Å². The van der Waals surface area contributed by atoms with E-state index in [1.54, 1.807) is 18.2 Å². The van der Waals surface area contributed by atoms with E-state index in [0.717, 1.165) is 11.8 Å². The standard InChI is InChI=1S/C10H7ClOS/c11-10-6-8(7-12)3-4-9(10)2-1-5-13/h3-4,6-7,13H,5H2. The van der Waals surface area contributed by atoms with Crippen molar-refractivity contribution < 1.29 is 4.79 Å². The van der Waals surface area contributed by atoms with Gasteiger partial charge in [0.1, 0.15) is 6.29 Å². The molecule has 0 fully saturated rings. The third kappa shape index (κ3) is 2.80. The van der Waals surface area contributed by atoms with Gasteiger partial charge in [-0.25, -0.2) is 0 Å². The van der Waals surface area contributed by atoms with E-state index in [1.807, 2.05) is 0 Å². The Morgan fingerprint density at radius 1 is 1.54 bits per heavy atom. The van der Waals surface area contributed by atoms with Crippen LogP contribution >= 0.6 is 24.2 Å². The molecule has 0 N–H and O–H groups in total. The molecule has 0 saturated heterocycles. The number of carbonyl (C=O) groups excluding carboxylic acids is 1. The topological polar surface area (TPSA) is 17.1 Å². The Kier molecular flexibility index (Phi) is 3.88. The maximum atomic E-state index is 10.4. The molecule has 1 rings (SSSR count). The second-order valence-corrected chi connectivity index (χ2v) is 3.04. The predicted octanol–water partition coefficient (Wildman–Crippen LogP) is 2.43. The van der Waals surface area contributed by atoms with Crippen LogP contribution in [0.5, 0.6) is 0 Å². The molecule has 66 valence electrons. The average Bonchev–Trinajstić information content (AvgIpc) is 2.16. The Hall–Kier alpha value is -0.910. The molecular weight excluding hydrogens is 204 g/mol. The van der Waals surface area contributed by atoms with E-state index >= 15 is 0 Å². The normalized spacial score (nSPS) is 8.77. The first-order chi connectivity index (χ1) is 6.27. The van der Waals surface area contributed by atoms with Gasteiger partial charge >= 0.3 is 0 Å². The van der Waals surface area contributed by atoms with Crippen molar-refractivity contribution in [3.63, 3.8) is 0 Å². The fourth-order valence-corrected chi connectivity index (χ4v) is 1.16. The number of thiol groups is 1. The van der Waals surface area contributed by atoms with Crippen molar-refractivity contribution in [3.05, 3.63) is 34.3 Å². The van der Waals surface area contributed by atoms with Crippen LogP contribution in [0, 0.1) is 11.8 Å². The van der Waals surface area contributed by atoms with Gasteiger partial charge in [0.05, 0.1) is 10.8 Å². The summed E-state index contributed by atoms with van der Waals surface area (Å²) < 4.78 is 0. The molecule has 0 aliphatic rings.